The zero-order chi connectivity index (χ0) is 11.4. The molecule has 0 aromatic carbocycles. The molecule has 0 spiro atoms. The minimum Gasteiger partial charge on any atom is -0.339 e. The fourth-order valence-corrected chi connectivity index (χ4v) is 3.67. The summed E-state index contributed by atoms with van der Waals surface area (Å²) in [6.45, 7) is 1.02. The van der Waals surface area contributed by atoms with Crippen LogP contribution in [-0.4, -0.2) is 28.7 Å². The van der Waals surface area contributed by atoms with Crippen molar-refractivity contribution in [2.45, 2.75) is 57.4 Å². The van der Waals surface area contributed by atoms with Crippen molar-refractivity contribution in [3.8, 4) is 0 Å². The number of alkyl halides is 1. The minimum atomic E-state index is 0.414. The summed E-state index contributed by atoms with van der Waals surface area (Å²) in [5, 5.41) is 1.02. The molecule has 16 heavy (non-hydrogen) atoms. The number of amides is 1. The zero-order valence-corrected chi connectivity index (χ0v) is 11.5. The molecule has 3 heteroatoms. The van der Waals surface area contributed by atoms with E-state index >= 15 is 0 Å². The smallest absolute Gasteiger partial charge is 0.222 e. The second kappa shape index (κ2) is 6.04. The molecule has 2 aliphatic rings. The average Bonchev–Trinajstić information content (AvgIpc) is 2.76. The molecule has 92 valence electrons. The number of hydrogen-bond acceptors (Lipinski definition) is 1. The van der Waals surface area contributed by atoms with Crippen LogP contribution >= 0.6 is 15.9 Å². The molecule has 2 fully saturated rings. The Hall–Kier alpha value is -0.0500. The van der Waals surface area contributed by atoms with Gasteiger partial charge in [0, 0.05) is 24.3 Å². The lowest BCUT2D eigenvalue weighted by Crippen LogP contribution is -2.46. The molecule has 1 amide bonds. The Labute approximate surface area is 107 Å². The van der Waals surface area contributed by atoms with Crippen LogP contribution < -0.4 is 0 Å². The van der Waals surface area contributed by atoms with Gasteiger partial charge in [-0.1, -0.05) is 22.4 Å². The number of unbranched alkanes of at least 4 members (excludes halogenated alkanes) is 1. The second-order valence-corrected chi connectivity index (χ2v) is 5.93. The summed E-state index contributed by atoms with van der Waals surface area (Å²) >= 11 is 3.42. The Morgan fingerprint density at radius 2 is 2.00 bits per heavy atom. The largest absolute Gasteiger partial charge is 0.339 e. The van der Waals surface area contributed by atoms with Crippen molar-refractivity contribution in [3.05, 3.63) is 0 Å². The number of likely N-dealkylation sites (tertiary alicyclic amines) is 1. The van der Waals surface area contributed by atoms with E-state index in [1.54, 1.807) is 0 Å². The number of piperidine rings is 1. The maximum absolute atomic E-state index is 12.1. The van der Waals surface area contributed by atoms with Crippen LogP contribution in [0, 0.1) is 5.92 Å². The topological polar surface area (TPSA) is 20.3 Å². The van der Waals surface area contributed by atoms with Crippen molar-refractivity contribution in [2.75, 3.05) is 11.9 Å². The summed E-state index contributed by atoms with van der Waals surface area (Å²) < 4.78 is 0. The number of hydrogen-bond donors (Lipinski definition) is 0. The minimum absolute atomic E-state index is 0.414. The maximum Gasteiger partial charge on any atom is 0.222 e. The number of fused-ring (bicyclic) bond motifs is 1. The van der Waals surface area contributed by atoms with E-state index in [-0.39, 0.29) is 0 Å². The van der Waals surface area contributed by atoms with Crippen LogP contribution in [0.4, 0.5) is 0 Å². The van der Waals surface area contributed by atoms with E-state index in [2.05, 4.69) is 20.8 Å². The van der Waals surface area contributed by atoms with Crippen LogP contribution in [-0.2, 0) is 4.79 Å². The average molecular weight is 288 g/mol. The van der Waals surface area contributed by atoms with Crippen molar-refractivity contribution >= 4 is 21.8 Å². The first kappa shape index (κ1) is 12.4. The number of carbonyl (C=O) groups is 1. The van der Waals surface area contributed by atoms with Gasteiger partial charge in [0.1, 0.15) is 0 Å². The van der Waals surface area contributed by atoms with Gasteiger partial charge in [0.15, 0.2) is 0 Å². The zero-order valence-electron chi connectivity index (χ0n) is 9.96. The van der Waals surface area contributed by atoms with Crippen LogP contribution in [0.2, 0.25) is 0 Å². The van der Waals surface area contributed by atoms with Gasteiger partial charge in [0.25, 0.3) is 0 Å². The highest BCUT2D eigenvalue weighted by atomic mass is 79.9. The van der Waals surface area contributed by atoms with Crippen LogP contribution in [0.25, 0.3) is 0 Å². The quantitative estimate of drug-likeness (QED) is 0.574. The van der Waals surface area contributed by atoms with Gasteiger partial charge in [-0.25, -0.2) is 0 Å². The molecule has 0 aromatic rings. The third-order valence-electron chi connectivity index (χ3n) is 4.09. The summed E-state index contributed by atoms with van der Waals surface area (Å²) in [6.07, 6.45) is 9.45. The van der Waals surface area contributed by atoms with E-state index in [1.807, 2.05) is 0 Å². The van der Waals surface area contributed by atoms with Crippen molar-refractivity contribution in [1.82, 2.24) is 4.90 Å². The van der Waals surface area contributed by atoms with Crippen LogP contribution in [0.3, 0.4) is 0 Å². The molecule has 2 unspecified atom stereocenters. The Balaban J connectivity index is 1.84. The molecule has 0 radical (unpaired) electrons. The normalized spacial score (nSPS) is 29.2. The van der Waals surface area contributed by atoms with Gasteiger partial charge in [0.05, 0.1) is 0 Å². The van der Waals surface area contributed by atoms with Crippen molar-refractivity contribution in [2.24, 2.45) is 5.92 Å². The fourth-order valence-electron chi connectivity index (χ4n) is 3.28. The molecule has 1 saturated carbocycles. The fraction of sp³-hybridized carbons (Fsp3) is 0.923. The Kier molecular flexibility index (Phi) is 4.68. The lowest BCUT2D eigenvalue weighted by atomic mass is 9.91. The molecule has 2 atom stereocenters. The number of rotatable bonds is 4. The molecular weight excluding hydrogens is 266 g/mol. The highest BCUT2D eigenvalue weighted by Gasteiger charge is 2.36. The standard InChI is InChI=1S/C13H22BrNO/c14-9-2-1-8-13(16)15-10-4-6-11-5-3-7-12(11)15/h11-12H,1-10H2. The molecular formula is C13H22BrNO. The Morgan fingerprint density at radius 1 is 1.19 bits per heavy atom. The van der Waals surface area contributed by atoms with E-state index in [0.717, 1.165) is 37.1 Å². The van der Waals surface area contributed by atoms with Crippen LogP contribution in [0.1, 0.15) is 51.4 Å². The SMILES string of the molecule is O=C(CCCCBr)N1CCCC2CCCC21. The van der Waals surface area contributed by atoms with Crippen molar-refractivity contribution < 1.29 is 4.79 Å². The number of nitrogens with zero attached hydrogens (tertiary/aromatic N) is 1. The first-order valence-corrected chi connectivity index (χ1v) is 7.80. The lowest BCUT2D eigenvalue weighted by molar-refractivity contribution is -0.135. The summed E-state index contributed by atoms with van der Waals surface area (Å²) in [5.74, 6) is 1.24. The first-order chi connectivity index (χ1) is 7.83. The van der Waals surface area contributed by atoms with Gasteiger partial charge < -0.3 is 4.90 Å². The predicted molar refractivity (Wildman–Crippen MR) is 69.7 cm³/mol. The molecule has 0 N–H and O–H groups in total. The summed E-state index contributed by atoms with van der Waals surface area (Å²) in [6, 6.07) is 0.602. The molecule has 0 aromatic heterocycles. The summed E-state index contributed by atoms with van der Waals surface area (Å²) in [4.78, 5) is 14.3. The van der Waals surface area contributed by atoms with E-state index in [4.69, 9.17) is 0 Å². The number of halogens is 1. The lowest BCUT2D eigenvalue weighted by Gasteiger charge is -2.38. The third-order valence-corrected chi connectivity index (χ3v) is 4.65. The molecule has 1 heterocycles. The highest BCUT2D eigenvalue weighted by Crippen LogP contribution is 2.37. The first-order valence-electron chi connectivity index (χ1n) is 6.68. The van der Waals surface area contributed by atoms with Crippen molar-refractivity contribution in [3.63, 3.8) is 0 Å². The molecule has 0 bridgehead atoms. The second-order valence-electron chi connectivity index (χ2n) is 5.13. The molecule has 2 rings (SSSR count). The van der Waals surface area contributed by atoms with Gasteiger partial charge in [-0.05, 0) is 44.4 Å². The predicted octanol–water partition coefficient (Wildman–Crippen LogP) is 3.34. The van der Waals surface area contributed by atoms with E-state index in [0.29, 0.717) is 11.9 Å². The third kappa shape index (κ3) is 2.79. The summed E-state index contributed by atoms with van der Waals surface area (Å²) in [7, 11) is 0. The molecule has 1 aliphatic carbocycles. The number of carbonyl (C=O) groups excluding carboxylic acids is 1. The van der Waals surface area contributed by atoms with Crippen molar-refractivity contribution in [1.29, 1.82) is 0 Å². The van der Waals surface area contributed by atoms with E-state index < -0.39 is 0 Å². The summed E-state index contributed by atoms with van der Waals surface area (Å²) in [5.41, 5.74) is 0. The van der Waals surface area contributed by atoms with E-state index in [1.165, 1.54) is 32.1 Å². The maximum atomic E-state index is 12.1. The van der Waals surface area contributed by atoms with Gasteiger partial charge in [-0.15, -0.1) is 0 Å². The Morgan fingerprint density at radius 3 is 2.81 bits per heavy atom. The highest BCUT2D eigenvalue weighted by molar-refractivity contribution is 9.09. The monoisotopic (exact) mass is 287 g/mol. The molecule has 2 nitrogen and oxygen atoms in total. The Bertz CT molecular complexity index is 244. The van der Waals surface area contributed by atoms with E-state index in [9.17, 15) is 4.79 Å². The van der Waals surface area contributed by atoms with Gasteiger partial charge in [-0.3, -0.25) is 4.79 Å². The van der Waals surface area contributed by atoms with Gasteiger partial charge in [-0.2, -0.15) is 0 Å². The molecule has 1 saturated heterocycles. The molecule has 1 aliphatic heterocycles. The van der Waals surface area contributed by atoms with Gasteiger partial charge >= 0.3 is 0 Å². The van der Waals surface area contributed by atoms with Gasteiger partial charge in [0.2, 0.25) is 5.91 Å². The van der Waals surface area contributed by atoms with Crippen LogP contribution in [0.15, 0.2) is 0 Å². The van der Waals surface area contributed by atoms with Crippen LogP contribution in [0.5, 0.6) is 0 Å².